The Labute approximate surface area is 141 Å². The molecule has 0 aliphatic carbocycles. The van der Waals surface area contributed by atoms with Crippen molar-refractivity contribution in [1.29, 1.82) is 0 Å². The number of nitrogens with one attached hydrogen (secondary N) is 1. The Balaban J connectivity index is 1.96. The second-order valence-corrected chi connectivity index (χ2v) is 4.65. The second-order valence-electron chi connectivity index (χ2n) is 4.65. The van der Waals surface area contributed by atoms with Crippen molar-refractivity contribution >= 4 is 11.9 Å². The lowest BCUT2D eigenvalue weighted by molar-refractivity contribution is -0.124. The Morgan fingerprint density at radius 1 is 1.24 bits per heavy atom. The van der Waals surface area contributed by atoms with E-state index in [1.165, 1.54) is 31.6 Å². The Morgan fingerprint density at radius 3 is 2.68 bits per heavy atom. The normalized spacial score (nSPS) is 10.4. The van der Waals surface area contributed by atoms with Gasteiger partial charge in [0, 0.05) is 0 Å². The summed E-state index contributed by atoms with van der Waals surface area (Å²) in [6, 6.07) is 7.31. The molecule has 7 nitrogen and oxygen atoms in total. The van der Waals surface area contributed by atoms with Gasteiger partial charge in [-0.15, -0.1) is 0 Å². The highest BCUT2D eigenvalue weighted by atomic mass is 19.3. The maximum atomic E-state index is 12.5. The van der Waals surface area contributed by atoms with E-state index < -0.39 is 30.8 Å². The minimum absolute atomic E-state index is 0.0583. The molecule has 0 spiro atoms. The van der Waals surface area contributed by atoms with Crippen LogP contribution in [0.15, 0.2) is 41.0 Å². The van der Waals surface area contributed by atoms with Crippen LogP contribution >= 0.6 is 0 Å². The zero-order valence-corrected chi connectivity index (χ0v) is 13.2. The van der Waals surface area contributed by atoms with Gasteiger partial charge in [-0.2, -0.15) is 8.78 Å². The van der Waals surface area contributed by atoms with Crippen molar-refractivity contribution in [1.82, 2.24) is 5.32 Å². The zero-order valence-electron chi connectivity index (χ0n) is 13.2. The number of hydrogen-bond acceptors (Lipinski definition) is 6. The van der Waals surface area contributed by atoms with Crippen molar-refractivity contribution in [3.63, 3.8) is 0 Å². The number of halogens is 2. The fourth-order valence-corrected chi connectivity index (χ4v) is 1.91. The highest BCUT2D eigenvalue weighted by Crippen LogP contribution is 2.32. The Kier molecular flexibility index (Phi) is 6.33. The van der Waals surface area contributed by atoms with E-state index in [0.717, 1.165) is 0 Å². The molecular weight excluding hydrogens is 340 g/mol. The number of furan rings is 1. The molecule has 9 heteroatoms. The van der Waals surface area contributed by atoms with E-state index in [1.54, 1.807) is 12.1 Å². The van der Waals surface area contributed by atoms with Crippen LogP contribution in [0.5, 0.6) is 11.5 Å². The summed E-state index contributed by atoms with van der Waals surface area (Å²) in [6.45, 7) is -3.62. The predicted octanol–water partition coefficient (Wildman–Crippen LogP) is 2.36. The Bertz CT molecular complexity index is 717. The van der Waals surface area contributed by atoms with Crippen molar-refractivity contribution < 1.29 is 37.0 Å². The van der Waals surface area contributed by atoms with Gasteiger partial charge in [0.05, 0.1) is 19.9 Å². The maximum Gasteiger partial charge on any atom is 0.387 e. The molecule has 25 heavy (non-hydrogen) atoms. The summed E-state index contributed by atoms with van der Waals surface area (Å²) in [5.74, 6) is -1.57. The van der Waals surface area contributed by atoms with Crippen molar-refractivity contribution in [3.8, 4) is 11.5 Å². The molecule has 2 aromatic rings. The fraction of sp³-hybridized carbons (Fsp3) is 0.250. The van der Waals surface area contributed by atoms with Crippen LogP contribution in [0.4, 0.5) is 8.78 Å². The van der Waals surface area contributed by atoms with Crippen LogP contribution in [-0.2, 0) is 16.1 Å². The van der Waals surface area contributed by atoms with Gasteiger partial charge in [0.2, 0.25) is 0 Å². The minimum atomic E-state index is -3.15. The van der Waals surface area contributed by atoms with Gasteiger partial charge in [-0.05, 0) is 24.3 Å². The molecule has 0 aliphatic rings. The number of carbonyl (C=O) groups is 2. The molecule has 0 unspecified atom stereocenters. The Hall–Kier alpha value is -3.10. The van der Waals surface area contributed by atoms with Crippen LogP contribution < -0.4 is 14.8 Å². The fourth-order valence-electron chi connectivity index (χ4n) is 1.91. The summed E-state index contributed by atoms with van der Waals surface area (Å²) in [6.07, 6.45) is 1.45. The first-order valence-corrected chi connectivity index (χ1v) is 7.09. The van der Waals surface area contributed by atoms with E-state index in [1.807, 2.05) is 0 Å². The van der Waals surface area contributed by atoms with Crippen molar-refractivity contribution in [2.45, 2.75) is 13.2 Å². The molecule has 0 fully saturated rings. The first kappa shape index (κ1) is 18.2. The Morgan fingerprint density at radius 2 is 2.04 bits per heavy atom. The quantitative estimate of drug-likeness (QED) is 0.732. The molecule has 134 valence electrons. The number of carbonyl (C=O) groups excluding carboxylic acids is 2. The van der Waals surface area contributed by atoms with Gasteiger partial charge in [-0.25, -0.2) is 4.79 Å². The minimum Gasteiger partial charge on any atom is -0.493 e. The summed E-state index contributed by atoms with van der Waals surface area (Å²) < 4.78 is 44.1. The lowest BCUT2D eigenvalue weighted by atomic mass is 10.2. The van der Waals surface area contributed by atoms with Crippen LogP contribution in [0, 0.1) is 0 Å². The molecule has 0 saturated heterocycles. The van der Waals surface area contributed by atoms with Crippen molar-refractivity contribution in [2.24, 2.45) is 0 Å². The van der Waals surface area contributed by atoms with Gasteiger partial charge < -0.3 is 23.9 Å². The van der Waals surface area contributed by atoms with Gasteiger partial charge >= 0.3 is 12.6 Å². The van der Waals surface area contributed by atoms with Gasteiger partial charge in [-0.1, -0.05) is 6.07 Å². The van der Waals surface area contributed by atoms with E-state index in [4.69, 9.17) is 13.9 Å². The predicted molar refractivity (Wildman–Crippen MR) is 80.5 cm³/mol. The average Bonchev–Trinajstić information content (AvgIpc) is 3.11. The van der Waals surface area contributed by atoms with Crippen molar-refractivity contribution in [2.75, 3.05) is 13.7 Å². The van der Waals surface area contributed by atoms with Gasteiger partial charge in [0.15, 0.2) is 18.1 Å². The highest BCUT2D eigenvalue weighted by Gasteiger charge is 2.22. The largest absolute Gasteiger partial charge is 0.493 e. The first-order valence-electron chi connectivity index (χ1n) is 7.09. The molecule has 0 radical (unpaired) electrons. The number of esters is 1. The SMILES string of the molecule is COc1cccc(C(=O)OCC(=O)NCc2ccco2)c1OC(F)F. The number of ether oxygens (including phenoxy) is 3. The van der Waals surface area contributed by atoms with E-state index in [2.05, 4.69) is 10.1 Å². The molecule has 1 heterocycles. The molecule has 1 amide bonds. The van der Waals surface area contributed by atoms with Gasteiger partial charge in [-0.3, -0.25) is 4.79 Å². The second kappa shape index (κ2) is 8.67. The molecule has 0 bridgehead atoms. The number of para-hydroxylation sites is 1. The number of methoxy groups -OCH3 is 1. The van der Waals surface area contributed by atoms with Gasteiger partial charge in [0.1, 0.15) is 11.3 Å². The molecular formula is C16H15F2NO6. The third kappa shape index (κ3) is 5.20. The molecule has 1 aromatic heterocycles. The molecule has 0 saturated carbocycles. The maximum absolute atomic E-state index is 12.5. The lowest BCUT2D eigenvalue weighted by Crippen LogP contribution is -2.28. The molecule has 1 N–H and O–H groups in total. The number of amides is 1. The van der Waals surface area contributed by atoms with E-state index in [-0.39, 0.29) is 17.9 Å². The molecule has 1 aromatic carbocycles. The smallest absolute Gasteiger partial charge is 0.387 e. The molecule has 2 rings (SSSR count). The van der Waals surface area contributed by atoms with Crippen LogP contribution in [0.2, 0.25) is 0 Å². The lowest BCUT2D eigenvalue weighted by Gasteiger charge is -2.13. The summed E-state index contributed by atoms with van der Waals surface area (Å²) in [5, 5.41) is 2.48. The number of benzene rings is 1. The van der Waals surface area contributed by atoms with E-state index in [0.29, 0.717) is 5.76 Å². The topological polar surface area (TPSA) is 87.0 Å². The third-order valence-corrected chi connectivity index (χ3v) is 3.00. The van der Waals surface area contributed by atoms with Gasteiger partial charge in [0.25, 0.3) is 5.91 Å². The van der Waals surface area contributed by atoms with Crippen molar-refractivity contribution in [3.05, 3.63) is 47.9 Å². The summed E-state index contributed by atoms with van der Waals surface area (Å²) >= 11 is 0. The number of hydrogen-bond donors (Lipinski definition) is 1. The summed E-state index contributed by atoms with van der Waals surface area (Å²) in [4.78, 5) is 23.7. The monoisotopic (exact) mass is 355 g/mol. The standard InChI is InChI=1S/C16H15F2NO6/c1-22-12-6-2-5-11(14(12)25-16(17)18)15(21)24-9-13(20)19-8-10-4-3-7-23-10/h2-7,16H,8-9H2,1H3,(H,19,20). The summed E-state index contributed by atoms with van der Waals surface area (Å²) in [7, 11) is 1.24. The van der Waals surface area contributed by atoms with Crippen LogP contribution in [0.25, 0.3) is 0 Å². The van der Waals surface area contributed by atoms with E-state index >= 15 is 0 Å². The number of alkyl halides is 2. The average molecular weight is 355 g/mol. The van der Waals surface area contributed by atoms with E-state index in [9.17, 15) is 18.4 Å². The summed E-state index contributed by atoms with van der Waals surface area (Å²) in [5.41, 5.74) is -0.279. The highest BCUT2D eigenvalue weighted by molar-refractivity contribution is 5.94. The van der Waals surface area contributed by atoms with Crippen LogP contribution in [-0.4, -0.2) is 32.2 Å². The third-order valence-electron chi connectivity index (χ3n) is 3.00. The zero-order chi connectivity index (χ0) is 18.2. The molecule has 0 atom stereocenters. The van der Waals surface area contributed by atoms with Crippen LogP contribution in [0.3, 0.4) is 0 Å². The first-order chi connectivity index (χ1) is 12.0. The molecule has 0 aliphatic heterocycles. The van der Waals surface area contributed by atoms with Crippen LogP contribution in [0.1, 0.15) is 16.1 Å². The number of rotatable bonds is 8.